The smallest absolute Gasteiger partial charge is 0.337 e. The number of imidazole rings is 2. The number of carboxylic acids is 1. The Kier molecular flexibility index (Phi) is 7.99. The molecule has 43 heavy (non-hydrogen) atoms. The zero-order valence-electron chi connectivity index (χ0n) is 22.4. The fourth-order valence-corrected chi connectivity index (χ4v) is 4.39. The quantitative estimate of drug-likeness (QED) is 0.124. The van der Waals surface area contributed by atoms with Gasteiger partial charge in [-0.3, -0.25) is 13.9 Å². The molecule has 6 heterocycles. The van der Waals surface area contributed by atoms with Crippen molar-refractivity contribution in [2.24, 2.45) is 7.05 Å². The van der Waals surface area contributed by atoms with Gasteiger partial charge in [0.15, 0.2) is 28.9 Å². The van der Waals surface area contributed by atoms with E-state index >= 15 is 0 Å². The molecule has 10 N–H and O–H groups in total. The van der Waals surface area contributed by atoms with Crippen molar-refractivity contribution in [3.63, 3.8) is 0 Å². The van der Waals surface area contributed by atoms with Gasteiger partial charge in [-0.15, -0.1) is 0 Å². The zero-order valence-corrected chi connectivity index (χ0v) is 22.4. The highest BCUT2D eigenvalue weighted by Gasteiger charge is 2.44. The molecule has 7 rings (SSSR count). The zero-order chi connectivity index (χ0) is 30.8. The molecule has 1 saturated heterocycles. The summed E-state index contributed by atoms with van der Waals surface area (Å²) in [5.74, 6) is -0.476. The lowest BCUT2D eigenvalue weighted by Crippen LogP contribution is -2.33. The molecular formula is C25H27N11O7. The van der Waals surface area contributed by atoms with Crippen LogP contribution in [-0.2, 0) is 11.8 Å². The third-order valence-electron chi connectivity index (χ3n) is 6.70. The molecule has 0 bridgehead atoms. The molecule has 6 aromatic rings. The van der Waals surface area contributed by atoms with E-state index in [9.17, 15) is 19.8 Å². The van der Waals surface area contributed by atoms with E-state index < -0.39 is 42.7 Å². The maximum atomic E-state index is 12.0. The molecule has 0 radical (unpaired) electrons. The first-order valence-corrected chi connectivity index (χ1v) is 12.6. The summed E-state index contributed by atoms with van der Waals surface area (Å²) in [4.78, 5) is 47.9. The second kappa shape index (κ2) is 11.8. The second-order valence-corrected chi connectivity index (χ2v) is 9.30. The van der Waals surface area contributed by atoms with Crippen molar-refractivity contribution in [3.05, 3.63) is 65.4 Å². The summed E-state index contributed by atoms with van der Waals surface area (Å²) in [5.41, 5.74) is 13.4. The summed E-state index contributed by atoms with van der Waals surface area (Å²) in [5, 5.41) is 38.4. The van der Waals surface area contributed by atoms with Crippen LogP contribution in [0.3, 0.4) is 0 Å². The number of aliphatic hydroxyl groups is 3. The Morgan fingerprint density at radius 3 is 2.56 bits per heavy atom. The number of nitrogen functional groups attached to an aromatic ring is 2. The molecule has 0 spiro atoms. The topological polar surface area (TPSA) is 282 Å². The first-order valence-electron chi connectivity index (χ1n) is 12.6. The van der Waals surface area contributed by atoms with Crippen LogP contribution in [0.15, 0.2) is 54.2 Å². The maximum absolute atomic E-state index is 12.0. The SMILES string of the molecule is Cn1c(N)nc2c(ncn2[C@@H]2O[C@H](CO)[C@@H](O)[C@H]2O)c1=O.Nc1ncnc2nc[nH]c12.O=C(O)c1c[nH]c2ccccc12. The number of rotatable bonds is 3. The Morgan fingerprint density at radius 1 is 1.09 bits per heavy atom. The Labute approximate surface area is 240 Å². The molecule has 4 atom stereocenters. The standard InChI is InChI=1S/C11H15N5O5.C9H7NO2.C5H5N5/c1-15-9(20)5-8(14-11(15)12)16(3-13-5)10-7(19)6(18)4(2-17)21-10;11-9(12)7-5-10-8-4-2-1-3-6(7)8;6-4-3-5(9-1-7-3)10-2-8-4/h3-4,6-7,10,17-19H,2H2,1H3,(H2,12,14);1-5,10H,(H,11,12);1-2H,(H3,6,7,8,9,10)/t4-,6-,7-,10-;;/m1../s1. The van der Waals surface area contributed by atoms with E-state index in [4.69, 9.17) is 26.4 Å². The molecular weight excluding hydrogens is 566 g/mol. The molecule has 0 saturated carbocycles. The number of nitrogens with one attached hydrogen (secondary N) is 2. The van der Waals surface area contributed by atoms with E-state index in [0.29, 0.717) is 22.5 Å². The van der Waals surface area contributed by atoms with Gasteiger partial charge >= 0.3 is 5.97 Å². The predicted octanol–water partition coefficient (Wildman–Crippen LogP) is -0.875. The van der Waals surface area contributed by atoms with Crippen molar-refractivity contribution in [1.29, 1.82) is 0 Å². The summed E-state index contributed by atoms with van der Waals surface area (Å²) < 4.78 is 7.85. The van der Waals surface area contributed by atoms with Gasteiger partial charge in [0.1, 0.15) is 30.2 Å². The highest BCUT2D eigenvalue weighted by Crippen LogP contribution is 2.30. The lowest BCUT2D eigenvalue weighted by molar-refractivity contribution is -0.0511. The minimum absolute atomic E-state index is 0.0130. The van der Waals surface area contributed by atoms with E-state index in [1.165, 1.54) is 36.8 Å². The number of aromatic carboxylic acids is 1. The number of anilines is 2. The van der Waals surface area contributed by atoms with E-state index in [-0.39, 0.29) is 17.1 Å². The van der Waals surface area contributed by atoms with E-state index in [2.05, 4.69) is 34.9 Å². The summed E-state index contributed by atoms with van der Waals surface area (Å²) in [7, 11) is 1.47. The number of nitrogens with zero attached hydrogens (tertiary/aromatic N) is 7. The number of para-hydroxylation sites is 1. The van der Waals surface area contributed by atoms with Gasteiger partial charge in [-0.2, -0.15) is 4.98 Å². The number of hydrogen-bond acceptors (Lipinski definition) is 13. The van der Waals surface area contributed by atoms with E-state index in [0.717, 1.165) is 15.5 Å². The summed E-state index contributed by atoms with van der Waals surface area (Å²) in [6.07, 6.45) is 1.24. The Balaban J connectivity index is 0.000000141. The minimum Gasteiger partial charge on any atom is -0.478 e. The van der Waals surface area contributed by atoms with Crippen LogP contribution in [0, 0.1) is 0 Å². The second-order valence-electron chi connectivity index (χ2n) is 9.30. The van der Waals surface area contributed by atoms with Gasteiger partial charge < -0.3 is 46.6 Å². The number of carboxylic acid groups (broad SMARTS) is 1. The summed E-state index contributed by atoms with van der Waals surface area (Å²) in [6, 6.07) is 7.32. The number of aliphatic hydroxyl groups excluding tert-OH is 3. The number of nitrogens with two attached hydrogens (primary N) is 2. The first kappa shape index (κ1) is 29.1. The number of H-pyrrole nitrogens is 2. The fraction of sp³-hybridized carbons (Fsp3) is 0.240. The Morgan fingerprint density at radius 2 is 1.86 bits per heavy atom. The molecule has 0 aliphatic carbocycles. The molecule has 18 heteroatoms. The van der Waals surface area contributed by atoms with Gasteiger partial charge in [0.2, 0.25) is 5.95 Å². The largest absolute Gasteiger partial charge is 0.478 e. The number of aromatic amines is 2. The molecule has 0 unspecified atom stereocenters. The van der Waals surface area contributed by atoms with Gasteiger partial charge in [-0.05, 0) is 6.07 Å². The van der Waals surface area contributed by atoms with Crippen LogP contribution in [0.25, 0.3) is 33.2 Å². The van der Waals surface area contributed by atoms with E-state index in [1.807, 2.05) is 18.2 Å². The molecule has 0 amide bonds. The van der Waals surface area contributed by atoms with Gasteiger partial charge in [-0.1, -0.05) is 18.2 Å². The average Bonchev–Trinajstić information content (AvgIpc) is 3.79. The predicted molar refractivity (Wildman–Crippen MR) is 152 cm³/mol. The Bertz CT molecular complexity index is 1960. The van der Waals surface area contributed by atoms with Gasteiger partial charge in [0.25, 0.3) is 5.56 Å². The minimum atomic E-state index is -1.29. The number of benzene rings is 1. The maximum Gasteiger partial charge on any atom is 0.337 e. The van der Waals surface area contributed by atoms with Crippen molar-refractivity contribution in [3.8, 4) is 0 Å². The summed E-state index contributed by atoms with van der Waals surface area (Å²) in [6.45, 7) is -0.446. The van der Waals surface area contributed by atoms with Crippen molar-refractivity contribution in [2.75, 3.05) is 18.1 Å². The molecule has 5 aromatic heterocycles. The number of ether oxygens (including phenoxy) is 1. The van der Waals surface area contributed by atoms with Gasteiger partial charge in [0, 0.05) is 24.1 Å². The number of hydrogen-bond donors (Lipinski definition) is 8. The third kappa shape index (κ3) is 5.45. The van der Waals surface area contributed by atoms with Gasteiger partial charge in [0.05, 0.1) is 24.8 Å². The molecule has 1 aromatic carbocycles. The lowest BCUT2D eigenvalue weighted by Gasteiger charge is -2.16. The van der Waals surface area contributed by atoms with Crippen LogP contribution < -0.4 is 17.0 Å². The highest BCUT2D eigenvalue weighted by molar-refractivity contribution is 6.03. The third-order valence-corrected chi connectivity index (χ3v) is 6.70. The average molecular weight is 594 g/mol. The molecule has 1 aliphatic heterocycles. The summed E-state index contributed by atoms with van der Waals surface area (Å²) >= 11 is 0. The van der Waals surface area contributed by atoms with Crippen LogP contribution >= 0.6 is 0 Å². The van der Waals surface area contributed by atoms with Crippen molar-refractivity contribution < 1.29 is 30.0 Å². The molecule has 1 fully saturated rings. The molecule has 224 valence electrons. The number of fused-ring (bicyclic) bond motifs is 3. The molecule has 18 nitrogen and oxygen atoms in total. The normalized spacial score (nSPS) is 19.6. The van der Waals surface area contributed by atoms with Crippen LogP contribution in [-0.4, -0.2) is 95.3 Å². The van der Waals surface area contributed by atoms with Crippen molar-refractivity contribution in [1.82, 2.24) is 44.0 Å². The van der Waals surface area contributed by atoms with Gasteiger partial charge in [-0.25, -0.2) is 24.7 Å². The van der Waals surface area contributed by atoms with Crippen LogP contribution in [0.1, 0.15) is 16.6 Å². The highest BCUT2D eigenvalue weighted by atomic mass is 16.6. The fourth-order valence-electron chi connectivity index (χ4n) is 4.39. The monoisotopic (exact) mass is 593 g/mol. The number of carbonyl (C=O) groups is 1. The number of aromatic nitrogens is 9. The van der Waals surface area contributed by atoms with Crippen LogP contribution in [0.5, 0.6) is 0 Å². The van der Waals surface area contributed by atoms with Crippen LogP contribution in [0.4, 0.5) is 11.8 Å². The van der Waals surface area contributed by atoms with E-state index in [1.54, 1.807) is 6.07 Å². The van der Waals surface area contributed by atoms with Crippen molar-refractivity contribution in [2.45, 2.75) is 24.5 Å². The lowest BCUT2D eigenvalue weighted by atomic mass is 10.1. The van der Waals surface area contributed by atoms with Crippen LogP contribution in [0.2, 0.25) is 0 Å². The first-order chi connectivity index (χ1) is 20.6. The Hall–Kier alpha value is -5.43. The molecule has 1 aliphatic rings. The van der Waals surface area contributed by atoms with Crippen molar-refractivity contribution >= 4 is 51.0 Å².